The van der Waals surface area contributed by atoms with Crippen LogP contribution in [0.15, 0.2) is 30.3 Å². The summed E-state index contributed by atoms with van der Waals surface area (Å²) in [4.78, 5) is 12.7. The van der Waals surface area contributed by atoms with E-state index < -0.39 is 0 Å². The molecule has 0 saturated heterocycles. The van der Waals surface area contributed by atoms with Crippen molar-refractivity contribution in [1.82, 2.24) is 0 Å². The Bertz CT molecular complexity index is 431. The van der Waals surface area contributed by atoms with Crippen LogP contribution in [-0.4, -0.2) is 5.78 Å². The molecule has 0 aromatic heterocycles. The molecule has 1 atom stereocenters. The number of carbonyl (C=O) groups is 1. The molecule has 0 spiro atoms. The Hall–Kier alpha value is -1.11. The van der Waals surface area contributed by atoms with Crippen molar-refractivity contribution in [1.29, 1.82) is 0 Å². The van der Waals surface area contributed by atoms with Crippen molar-refractivity contribution >= 4 is 5.78 Å². The standard InChI is InChI=1S/C20H32O/c1-19(2,3)15-17(18(21)20(4,5)6)14-10-13-16-11-8-7-9-12-16/h7-9,11-12,17H,10,13-15H2,1-6H3/t17-/m1/s1. The van der Waals surface area contributed by atoms with Gasteiger partial charge in [0.1, 0.15) is 5.78 Å². The van der Waals surface area contributed by atoms with Gasteiger partial charge in [-0.25, -0.2) is 0 Å². The van der Waals surface area contributed by atoms with Crippen molar-refractivity contribution in [2.24, 2.45) is 16.7 Å². The third-order valence-electron chi connectivity index (χ3n) is 3.83. The summed E-state index contributed by atoms with van der Waals surface area (Å²) in [5.41, 5.74) is 1.34. The highest BCUT2D eigenvalue weighted by Gasteiger charge is 2.31. The second-order valence-corrected chi connectivity index (χ2v) is 8.45. The molecule has 0 heterocycles. The van der Waals surface area contributed by atoms with Gasteiger partial charge in [0.25, 0.3) is 0 Å². The summed E-state index contributed by atoms with van der Waals surface area (Å²) in [6.45, 7) is 12.8. The van der Waals surface area contributed by atoms with Crippen LogP contribution in [-0.2, 0) is 11.2 Å². The highest BCUT2D eigenvalue weighted by Crippen LogP contribution is 2.33. The minimum atomic E-state index is -0.233. The molecule has 118 valence electrons. The number of carbonyl (C=O) groups excluding carboxylic acids is 1. The zero-order valence-corrected chi connectivity index (χ0v) is 14.7. The average molecular weight is 288 g/mol. The lowest BCUT2D eigenvalue weighted by molar-refractivity contribution is -0.131. The minimum Gasteiger partial charge on any atom is -0.299 e. The predicted molar refractivity (Wildman–Crippen MR) is 91.4 cm³/mol. The molecule has 0 unspecified atom stereocenters. The van der Waals surface area contributed by atoms with Crippen LogP contribution in [0.2, 0.25) is 0 Å². The molecule has 0 aliphatic rings. The fourth-order valence-electron chi connectivity index (χ4n) is 2.87. The first-order valence-corrected chi connectivity index (χ1v) is 8.18. The van der Waals surface area contributed by atoms with Gasteiger partial charge in [-0.15, -0.1) is 0 Å². The van der Waals surface area contributed by atoms with Crippen LogP contribution in [0.4, 0.5) is 0 Å². The molecule has 0 fully saturated rings. The Labute approximate surface area is 131 Å². The maximum atomic E-state index is 12.7. The average Bonchev–Trinajstić information content (AvgIpc) is 2.35. The number of Topliss-reactive ketones (excluding diaryl/α,β-unsaturated/α-hetero) is 1. The quantitative estimate of drug-likeness (QED) is 0.658. The lowest BCUT2D eigenvalue weighted by Gasteiger charge is -2.30. The monoisotopic (exact) mass is 288 g/mol. The molecule has 0 N–H and O–H groups in total. The normalized spacial score (nSPS) is 14.0. The maximum absolute atomic E-state index is 12.7. The summed E-state index contributed by atoms with van der Waals surface area (Å²) in [6, 6.07) is 10.6. The van der Waals surface area contributed by atoms with Gasteiger partial charge in [-0.1, -0.05) is 71.9 Å². The zero-order chi connectivity index (χ0) is 16.1. The summed E-state index contributed by atoms with van der Waals surface area (Å²) in [5, 5.41) is 0. The summed E-state index contributed by atoms with van der Waals surface area (Å²) < 4.78 is 0. The van der Waals surface area contributed by atoms with Gasteiger partial charge in [0, 0.05) is 11.3 Å². The second kappa shape index (κ2) is 7.24. The van der Waals surface area contributed by atoms with Crippen molar-refractivity contribution < 1.29 is 4.79 Å². The van der Waals surface area contributed by atoms with Gasteiger partial charge in [-0.2, -0.15) is 0 Å². The van der Waals surface area contributed by atoms with E-state index in [1.807, 2.05) is 20.8 Å². The Morgan fingerprint density at radius 2 is 1.57 bits per heavy atom. The molecule has 0 bridgehead atoms. The number of ketones is 1. The van der Waals surface area contributed by atoms with Gasteiger partial charge >= 0.3 is 0 Å². The lowest BCUT2D eigenvalue weighted by Crippen LogP contribution is -2.31. The Kier molecular flexibility index (Phi) is 6.19. The Morgan fingerprint density at radius 1 is 1.00 bits per heavy atom. The van der Waals surface area contributed by atoms with Crippen LogP contribution in [0.3, 0.4) is 0 Å². The number of aryl methyl sites for hydroxylation is 1. The van der Waals surface area contributed by atoms with Gasteiger partial charge in [-0.3, -0.25) is 4.79 Å². The molecule has 0 saturated carbocycles. The SMILES string of the molecule is CC(C)(C)C[C@@H](CCCc1ccccc1)C(=O)C(C)(C)C. The molecule has 0 aliphatic carbocycles. The van der Waals surface area contributed by atoms with E-state index in [1.54, 1.807) is 0 Å². The third kappa shape index (κ3) is 6.93. The molecule has 0 aliphatic heterocycles. The number of benzene rings is 1. The fourth-order valence-corrected chi connectivity index (χ4v) is 2.87. The molecule has 1 rings (SSSR count). The van der Waals surface area contributed by atoms with Crippen LogP contribution in [0.25, 0.3) is 0 Å². The van der Waals surface area contributed by atoms with Gasteiger partial charge in [-0.05, 0) is 36.7 Å². The molecule has 21 heavy (non-hydrogen) atoms. The molecule has 0 radical (unpaired) electrons. The minimum absolute atomic E-state index is 0.189. The van der Waals surface area contributed by atoms with E-state index in [9.17, 15) is 4.79 Å². The van der Waals surface area contributed by atoms with E-state index in [-0.39, 0.29) is 16.7 Å². The highest BCUT2D eigenvalue weighted by molar-refractivity contribution is 5.85. The van der Waals surface area contributed by atoms with Crippen molar-refractivity contribution in [2.75, 3.05) is 0 Å². The fraction of sp³-hybridized carbons (Fsp3) is 0.650. The zero-order valence-electron chi connectivity index (χ0n) is 14.7. The third-order valence-corrected chi connectivity index (χ3v) is 3.83. The molecule has 1 aromatic carbocycles. The van der Waals surface area contributed by atoms with Gasteiger partial charge in [0.15, 0.2) is 0 Å². The second-order valence-electron chi connectivity index (χ2n) is 8.45. The number of hydrogen-bond acceptors (Lipinski definition) is 1. The van der Waals surface area contributed by atoms with Gasteiger partial charge < -0.3 is 0 Å². The maximum Gasteiger partial charge on any atom is 0.141 e. The number of rotatable bonds is 6. The van der Waals surface area contributed by atoms with Gasteiger partial charge in [0.05, 0.1) is 0 Å². The van der Waals surface area contributed by atoms with E-state index in [4.69, 9.17) is 0 Å². The van der Waals surface area contributed by atoms with Crippen LogP contribution in [0.1, 0.15) is 66.4 Å². The van der Waals surface area contributed by atoms with E-state index in [0.29, 0.717) is 5.78 Å². The van der Waals surface area contributed by atoms with E-state index in [2.05, 4.69) is 51.1 Å². The summed E-state index contributed by atoms with van der Waals surface area (Å²) in [6.07, 6.45) is 4.14. The summed E-state index contributed by atoms with van der Waals surface area (Å²) in [7, 11) is 0. The predicted octanol–water partition coefficient (Wildman–Crippen LogP) is 5.68. The van der Waals surface area contributed by atoms with Crippen molar-refractivity contribution in [3.05, 3.63) is 35.9 Å². The smallest absolute Gasteiger partial charge is 0.141 e. The van der Waals surface area contributed by atoms with E-state index in [0.717, 1.165) is 25.7 Å². The van der Waals surface area contributed by atoms with Crippen LogP contribution in [0.5, 0.6) is 0 Å². The Balaban J connectivity index is 2.63. The van der Waals surface area contributed by atoms with Crippen molar-refractivity contribution in [3.63, 3.8) is 0 Å². The molecule has 0 amide bonds. The van der Waals surface area contributed by atoms with E-state index in [1.165, 1.54) is 5.56 Å². The molecular formula is C20H32O. The first kappa shape index (κ1) is 17.9. The molecular weight excluding hydrogens is 256 g/mol. The lowest BCUT2D eigenvalue weighted by atomic mass is 9.74. The van der Waals surface area contributed by atoms with Gasteiger partial charge in [0.2, 0.25) is 0 Å². The first-order chi connectivity index (χ1) is 9.59. The highest BCUT2D eigenvalue weighted by atomic mass is 16.1. The van der Waals surface area contributed by atoms with Crippen LogP contribution >= 0.6 is 0 Å². The number of hydrogen-bond donors (Lipinski definition) is 0. The van der Waals surface area contributed by atoms with Crippen LogP contribution in [0, 0.1) is 16.7 Å². The molecule has 1 heteroatoms. The summed E-state index contributed by atoms with van der Waals surface area (Å²) in [5.74, 6) is 0.610. The van der Waals surface area contributed by atoms with Crippen molar-refractivity contribution in [3.8, 4) is 0 Å². The largest absolute Gasteiger partial charge is 0.299 e. The van der Waals surface area contributed by atoms with Crippen molar-refractivity contribution in [2.45, 2.75) is 67.2 Å². The molecule has 1 aromatic rings. The van der Waals surface area contributed by atoms with Crippen LogP contribution < -0.4 is 0 Å². The Morgan fingerprint density at radius 3 is 2.05 bits per heavy atom. The molecule has 1 nitrogen and oxygen atoms in total. The topological polar surface area (TPSA) is 17.1 Å². The first-order valence-electron chi connectivity index (χ1n) is 8.18. The summed E-state index contributed by atoms with van der Waals surface area (Å²) >= 11 is 0. The van der Waals surface area contributed by atoms with E-state index >= 15 is 0 Å².